The lowest BCUT2D eigenvalue weighted by Gasteiger charge is -2.07. The number of aromatic nitrogens is 1. The highest BCUT2D eigenvalue weighted by atomic mass is 16.1. The third kappa shape index (κ3) is 5.20. The van der Waals surface area contributed by atoms with Crippen molar-refractivity contribution in [3.63, 3.8) is 0 Å². The summed E-state index contributed by atoms with van der Waals surface area (Å²) >= 11 is 0. The molecule has 0 spiro atoms. The molecule has 0 aliphatic heterocycles. The van der Waals surface area contributed by atoms with Gasteiger partial charge in [-0.2, -0.15) is 0 Å². The molecule has 0 unspecified atom stereocenters. The molecule has 4 heteroatoms. The second-order valence-corrected chi connectivity index (χ2v) is 5.20. The Morgan fingerprint density at radius 2 is 1.91 bits per heavy atom. The topological polar surface area (TPSA) is 54.0 Å². The number of pyridine rings is 1. The standard InChI is InChI=1S/C18H23N3O/c1-2-3-12-20-18(22)16-9-10-17(21-14-16)19-13-11-15-7-5-4-6-8-15/h4-10,14H,2-3,11-13H2,1H3,(H,19,21)(H,20,22). The van der Waals surface area contributed by atoms with Gasteiger partial charge in [-0.1, -0.05) is 43.7 Å². The van der Waals surface area contributed by atoms with E-state index in [4.69, 9.17) is 0 Å². The molecule has 0 fully saturated rings. The van der Waals surface area contributed by atoms with E-state index in [0.29, 0.717) is 12.1 Å². The molecular weight excluding hydrogens is 274 g/mol. The summed E-state index contributed by atoms with van der Waals surface area (Å²) in [6.45, 7) is 3.63. The molecule has 116 valence electrons. The Labute approximate surface area is 132 Å². The van der Waals surface area contributed by atoms with Gasteiger partial charge in [0.2, 0.25) is 0 Å². The molecule has 1 heterocycles. The van der Waals surface area contributed by atoms with E-state index in [0.717, 1.165) is 31.6 Å². The maximum absolute atomic E-state index is 11.9. The Bertz CT molecular complexity index is 567. The summed E-state index contributed by atoms with van der Waals surface area (Å²) in [6.07, 6.45) is 4.63. The Morgan fingerprint density at radius 1 is 1.09 bits per heavy atom. The molecule has 0 radical (unpaired) electrons. The molecule has 2 N–H and O–H groups in total. The largest absolute Gasteiger partial charge is 0.370 e. The predicted molar refractivity (Wildman–Crippen MR) is 90.1 cm³/mol. The number of benzene rings is 1. The third-order valence-electron chi connectivity index (χ3n) is 3.40. The van der Waals surface area contributed by atoms with Crippen LogP contribution < -0.4 is 10.6 Å². The van der Waals surface area contributed by atoms with E-state index < -0.39 is 0 Å². The zero-order valence-electron chi connectivity index (χ0n) is 13.0. The number of unbranched alkanes of at least 4 members (excludes halogenated alkanes) is 1. The average Bonchev–Trinajstić information content (AvgIpc) is 2.56. The molecule has 4 nitrogen and oxygen atoms in total. The molecule has 0 saturated carbocycles. The van der Waals surface area contributed by atoms with E-state index in [2.05, 4.69) is 34.7 Å². The summed E-state index contributed by atoms with van der Waals surface area (Å²) in [5, 5.41) is 6.15. The summed E-state index contributed by atoms with van der Waals surface area (Å²) < 4.78 is 0. The number of carbonyl (C=O) groups excluding carboxylic acids is 1. The highest BCUT2D eigenvalue weighted by molar-refractivity contribution is 5.93. The highest BCUT2D eigenvalue weighted by Gasteiger charge is 2.05. The fraction of sp³-hybridized carbons (Fsp3) is 0.333. The molecule has 0 atom stereocenters. The molecular formula is C18H23N3O. The van der Waals surface area contributed by atoms with Crippen LogP contribution in [-0.2, 0) is 6.42 Å². The molecule has 2 aromatic rings. The summed E-state index contributed by atoms with van der Waals surface area (Å²) in [7, 11) is 0. The number of nitrogens with one attached hydrogen (secondary N) is 2. The van der Waals surface area contributed by atoms with Gasteiger partial charge in [0.15, 0.2) is 0 Å². The molecule has 0 aliphatic carbocycles. The van der Waals surface area contributed by atoms with Gasteiger partial charge in [-0.3, -0.25) is 4.79 Å². The fourth-order valence-electron chi connectivity index (χ4n) is 2.09. The van der Waals surface area contributed by atoms with Crippen LogP contribution in [0.5, 0.6) is 0 Å². The molecule has 2 rings (SSSR count). The summed E-state index contributed by atoms with van der Waals surface area (Å²) in [6, 6.07) is 14.0. The van der Waals surface area contributed by atoms with Gasteiger partial charge >= 0.3 is 0 Å². The van der Waals surface area contributed by atoms with E-state index in [1.54, 1.807) is 12.3 Å². The average molecular weight is 297 g/mol. The van der Waals surface area contributed by atoms with E-state index in [1.807, 2.05) is 24.3 Å². The van der Waals surface area contributed by atoms with Crippen molar-refractivity contribution in [1.29, 1.82) is 0 Å². The highest BCUT2D eigenvalue weighted by Crippen LogP contribution is 2.06. The van der Waals surface area contributed by atoms with Crippen LogP contribution in [0.3, 0.4) is 0 Å². The fourth-order valence-corrected chi connectivity index (χ4v) is 2.09. The van der Waals surface area contributed by atoms with E-state index in [1.165, 1.54) is 5.56 Å². The monoisotopic (exact) mass is 297 g/mol. The number of nitrogens with zero attached hydrogens (tertiary/aromatic N) is 1. The number of hydrogen-bond acceptors (Lipinski definition) is 3. The smallest absolute Gasteiger partial charge is 0.252 e. The number of carbonyl (C=O) groups is 1. The minimum absolute atomic E-state index is 0.0585. The molecule has 1 aromatic carbocycles. The van der Waals surface area contributed by atoms with Crippen LogP contribution in [0, 0.1) is 0 Å². The van der Waals surface area contributed by atoms with Gasteiger partial charge < -0.3 is 10.6 Å². The first-order valence-corrected chi connectivity index (χ1v) is 7.81. The zero-order chi connectivity index (χ0) is 15.6. The van der Waals surface area contributed by atoms with Crippen LogP contribution in [0.4, 0.5) is 5.82 Å². The number of anilines is 1. The zero-order valence-corrected chi connectivity index (χ0v) is 13.0. The van der Waals surface area contributed by atoms with Crippen molar-refractivity contribution in [2.24, 2.45) is 0 Å². The van der Waals surface area contributed by atoms with Crippen LogP contribution in [0.1, 0.15) is 35.7 Å². The van der Waals surface area contributed by atoms with Crippen LogP contribution in [0.25, 0.3) is 0 Å². The van der Waals surface area contributed by atoms with Crippen molar-refractivity contribution in [2.75, 3.05) is 18.4 Å². The normalized spacial score (nSPS) is 10.2. The summed E-state index contributed by atoms with van der Waals surface area (Å²) in [4.78, 5) is 16.1. The van der Waals surface area contributed by atoms with Gasteiger partial charge in [-0.15, -0.1) is 0 Å². The van der Waals surface area contributed by atoms with Gasteiger partial charge in [-0.25, -0.2) is 4.98 Å². The van der Waals surface area contributed by atoms with Crippen LogP contribution in [0.2, 0.25) is 0 Å². The van der Waals surface area contributed by atoms with Gasteiger partial charge in [-0.05, 0) is 30.5 Å². The number of rotatable bonds is 8. The number of hydrogen-bond donors (Lipinski definition) is 2. The van der Waals surface area contributed by atoms with Crippen molar-refractivity contribution in [2.45, 2.75) is 26.2 Å². The molecule has 22 heavy (non-hydrogen) atoms. The lowest BCUT2D eigenvalue weighted by molar-refractivity contribution is 0.0953. The SMILES string of the molecule is CCCCNC(=O)c1ccc(NCCc2ccccc2)nc1. The lowest BCUT2D eigenvalue weighted by Crippen LogP contribution is -2.24. The first kappa shape index (κ1) is 16.0. The van der Waals surface area contributed by atoms with Crippen molar-refractivity contribution >= 4 is 11.7 Å². The lowest BCUT2D eigenvalue weighted by atomic mass is 10.1. The van der Waals surface area contributed by atoms with Gasteiger partial charge in [0.1, 0.15) is 5.82 Å². The van der Waals surface area contributed by atoms with Gasteiger partial charge in [0.25, 0.3) is 5.91 Å². The van der Waals surface area contributed by atoms with Crippen molar-refractivity contribution in [3.05, 3.63) is 59.8 Å². The molecule has 0 bridgehead atoms. The molecule has 1 amide bonds. The van der Waals surface area contributed by atoms with Crippen molar-refractivity contribution < 1.29 is 4.79 Å². The Balaban J connectivity index is 1.78. The summed E-state index contributed by atoms with van der Waals surface area (Å²) in [5.74, 6) is 0.734. The van der Waals surface area contributed by atoms with E-state index in [9.17, 15) is 4.79 Å². The van der Waals surface area contributed by atoms with Gasteiger partial charge in [0, 0.05) is 19.3 Å². The Hall–Kier alpha value is -2.36. The minimum Gasteiger partial charge on any atom is -0.370 e. The maximum atomic E-state index is 11.9. The van der Waals surface area contributed by atoms with Gasteiger partial charge in [0.05, 0.1) is 5.56 Å². The van der Waals surface area contributed by atoms with Crippen LogP contribution >= 0.6 is 0 Å². The maximum Gasteiger partial charge on any atom is 0.252 e. The minimum atomic E-state index is -0.0585. The first-order chi connectivity index (χ1) is 10.8. The number of amides is 1. The Kier molecular flexibility index (Phi) is 6.42. The molecule has 0 saturated heterocycles. The molecule has 1 aromatic heterocycles. The first-order valence-electron chi connectivity index (χ1n) is 7.81. The summed E-state index contributed by atoms with van der Waals surface area (Å²) in [5.41, 5.74) is 1.90. The quantitative estimate of drug-likeness (QED) is 0.735. The second-order valence-electron chi connectivity index (χ2n) is 5.20. The second kappa shape index (κ2) is 8.82. The molecule has 0 aliphatic rings. The Morgan fingerprint density at radius 3 is 2.59 bits per heavy atom. The van der Waals surface area contributed by atoms with Crippen molar-refractivity contribution in [3.8, 4) is 0 Å². The van der Waals surface area contributed by atoms with E-state index in [-0.39, 0.29) is 5.91 Å². The van der Waals surface area contributed by atoms with Crippen LogP contribution in [0.15, 0.2) is 48.7 Å². The van der Waals surface area contributed by atoms with E-state index >= 15 is 0 Å². The van der Waals surface area contributed by atoms with Crippen LogP contribution in [-0.4, -0.2) is 24.0 Å². The third-order valence-corrected chi connectivity index (χ3v) is 3.40. The predicted octanol–water partition coefficient (Wildman–Crippen LogP) is 3.27. The van der Waals surface area contributed by atoms with Crippen molar-refractivity contribution in [1.82, 2.24) is 10.3 Å².